The quantitative estimate of drug-likeness (QED) is 0.158. The predicted molar refractivity (Wildman–Crippen MR) is 130 cm³/mol. The molecule has 1 unspecified atom stereocenters. The second-order valence-electron chi connectivity index (χ2n) is 9.48. The molecule has 0 bridgehead atoms. The lowest BCUT2D eigenvalue weighted by Crippen LogP contribution is -2.40. The number of nitrogens with zero attached hydrogens (tertiary/aromatic N) is 1. The molecular weight excluding hydrogens is 560 g/mol. The van der Waals surface area contributed by atoms with Crippen molar-refractivity contribution in [1.82, 2.24) is 0 Å². The van der Waals surface area contributed by atoms with Gasteiger partial charge in [-0.3, -0.25) is 9.00 Å². The number of benzene rings is 1. The number of nitriles is 1. The molecule has 14 heteroatoms. The van der Waals surface area contributed by atoms with Gasteiger partial charge in [0, 0.05) is 34.4 Å². The third kappa shape index (κ3) is 12.2. The number of nitrogens with one attached hydrogen (secondary N) is 1. The Morgan fingerprint density at radius 3 is 1.97 bits per heavy atom. The molecule has 5 nitrogen and oxygen atoms in total. The van der Waals surface area contributed by atoms with Crippen molar-refractivity contribution in [3.63, 3.8) is 0 Å². The number of unbranched alkanes of at least 4 members (excludes halogenated alkanes) is 6. The van der Waals surface area contributed by atoms with Crippen molar-refractivity contribution in [2.75, 3.05) is 16.8 Å². The molecule has 0 aliphatic carbocycles. The SMILES string of the molecule is C[C@](O)(CCCCCCCCCS(=O)CCCC(F)(F)C(F)(F)F)C(=O)Nc1ccc(C#N)c(C(F)(F)F)c1. The van der Waals surface area contributed by atoms with E-state index in [0.29, 0.717) is 31.7 Å². The summed E-state index contributed by atoms with van der Waals surface area (Å²) in [4.78, 5) is 12.4. The van der Waals surface area contributed by atoms with Gasteiger partial charge in [0.25, 0.3) is 5.91 Å². The van der Waals surface area contributed by atoms with Crippen LogP contribution in [0.25, 0.3) is 0 Å². The summed E-state index contributed by atoms with van der Waals surface area (Å²) in [5, 5.41) is 21.5. The van der Waals surface area contributed by atoms with Crippen molar-refractivity contribution in [2.45, 2.75) is 95.0 Å². The molecule has 0 spiro atoms. The molecule has 2 atom stereocenters. The van der Waals surface area contributed by atoms with Crippen LogP contribution in [0.5, 0.6) is 0 Å². The largest absolute Gasteiger partial charge is 0.453 e. The second kappa shape index (κ2) is 14.9. The van der Waals surface area contributed by atoms with Crippen molar-refractivity contribution >= 4 is 22.4 Å². The van der Waals surface area contributed by atoms with E-state index in [0.717, 1.165) is 31.4 Å². The first-order valence-electron chi connectivity index (χ1n) is 12.4. The van der Waals surface area contributed by atoms with E-state index in [-0.39, 0.29) is 23.6 Å². The molecule has 0 heterocycles. The van der Waals surface area contributed by atoms with E-state index in [9.17, 15) is 49.2 Å². The molecule has 0 aliphatic heterocycles. The van der Waals surface area contributed by atoms with E-state index < -0.39 is 64.6 Å². The lowest BCUT2D eigenvalue weighted by atomic mass is 9.96. The summed E-state index contributed by atoms with van der Waals surface area (Å²) in [6.45, 7) is 1.25. The van der Waals surface area contributed by atoms with Crippen LogP contribution in [-0.2, 0) is 21.8 Å². The molecule has 39 heavy (non-hydrogen) atoms. The molecule has 0 fully saturated rings. The fourth-order valence-electron chi connectivity index (χ4n) is 3.65. The summed E-state index contributed by atoms with van der Waals surface area (Å²) in [5.41, 5.74) is -3.82. The monoisotopic (exact) mass is 592 g/mol. The zero-order valence-corrected chi connectivity index (χ0v) is 22.2. The molecule has 1 aromatic rings. The van der Waals surface area contributed by atoms with Gasteiger partial charge in [-0.25, -0.2) is 0 Å². The van der Waals surface area contributed by atoms with Crippen LogP contribution in [0, 0.1) is 11.3 Å². The van der Waals surface area contributed by atoms with Crippen LogP contribution in [0.1, 0.15) is 82.3 Å². The minimum Gasteiger partial charge on any atom is -0.380 e. The number of halogens is 8. The summed E-state index contributed by atoms with van der Waals surface area (Å²) in [6, 6.07) is 4.15. The Balaban J connectivity index is 2.25. The zero-order chi connectivity index (χ0) is 29.9. The Labute approximate surface area is 224 Å². The van der Waals surface area contributed by atoms with Gasteiger partial charge in [0.1, 0.15) is 5.60 Å². The average Bonchev–Trinajstić information content (AvgIpc) is 2.81. The highest BCUT2D eigenvalue weighted by molar-refractivity contribution is 7.84. The summed E-state index contributed by atoms with van der Waals surface area (Å²) in [7, 11) is -1.47. The van der Waals surface area contributed by atoms with Gasteiger partial charge in [-0.05, 0) is 44.4 Å². The number of amides is 1. The first kappa shape index (κ1) is 34.8. The van der Waals surface area contributed by atoms with Gasteiger partial charge < -0.3 is 10.4 Å². The Morgan fingerprint density at radius 2 is 1.44 bits per heavy atom. The van der Waals surface area contributed by atoms with Gasteiger partial charge >= 0.3 is 18.3 Å². The highest BCUT2D eigenvalue weighted by Crippen LogP contribution is 2.39. The highest BCUT2D eigenvalue weighted by Gasteiger charge is 2.56. The molecule has 0 radical (unpaired) electrons. The van der Waals surface area contributed by atoms with Gasteiger partial charge in [-0.1, -0.05) is 38.5 Å². The highest BCUT2D eigenvalue weighted by atomic mass is 32.2. The maximum absolute atomic E-state index is 13.1. The fraction of sp³-hybridized carbons (Fsp3) is 0.680. The van der Waals surface area contributed by atoms with Gasteiger partial charge in [0.15, 0.2) is 0 Å². The first-order valence-corrected chi connectivity index (χ1v) is 13.8. The van der Waals surface area contributed by atoms with Crippen molar-refractivity contribution < 1.29 is 49.2 Å². The molecule has 1 aromatic carbocycles. The summed E-state index contributed by atoms with van der Waals surface area (Å²) >= 11 is 0. The van der Waals surface area contributed by atoms with Crippen molar-refractivity contribution in [3.05, 3.63) is 29.3 Å². The third-order valence-corrected chi connectivity index (χ3v) is 7.49. The molecule has 0 aliphatic rings. The van der Waals surface area contributed by atoms with E-state index in [4.69, 9.17) is 5.26 Å². The van der Waals surface area contributed by atoms with Crippen LogP contribution >= 0.6 is 0 Å². The van der Waals surface area contributed by atoms with Crippen LogP contribution in [0.3, 0.4) is 0 Å². The molecule has 0 aromatic heterocycles. The minimum atomic E-state index is -5.60. The smallest absolute Gasteiger partial charge is 0.380 e. The minimum absolute atomic E-state index is 0.0631. The number of carbonyl (C=O) groups excluding carboxylic acids is 1. The summed E-state index contributed by atoms with van der Waals surface area (Å²) in [6.07, 6.45) is -7.48. The second-order valence-corrected chi connectivity index (χ2v) is 11.2. The molecule has 222 valence electrons. The number of hydrogen-bond acceptors (Lipinski definition) is 4. The Bertz CT molecular complexity index is 1000. The van der Waals surface area contributed by atoms with Gasteiger partial charge in [0.2, 0.25) is 0 Å². The lowest BCUT2D eigenvalue weighted by molar-refractivity contribution is -0.284. The number of rotatable bonds is 16. The predicted octanol–water partition coefficient (Wildman–Crippen LogP) is 7.11. The Morgan fingerprint density at radius 1 is 0.897 bits per heavy atom. The normalized spacial score (nSPS) is 14.9. The van der Waals surface area contributed by atoms with Gasteiger partial charge in [-0.2, -0.15) is 40.4 Å². The average molecular weight is 593 g/mol. The van der Waals surface area contributed by atoms with Crippen molar-refractivity contribution in [3.8, 4) is 6.07 Å². The van der Waals surface area contributed by atoms with Crippen LogP contribution in [-0.4, -0.2) is 44.4 Å². The van der Waals surface area contributed by atoms with Gasteiger partial charge in [0.05, 0.1) is 17.2 Å². The number of alkyl halides is 8. The van der Waals surface area contributed by atoms with E-state index in [2.05, 4.69) is 5.32 Å². The lowest BCUT2D eigenvalue weighted by Gasteiger charge is -2.22. The molecule has 2 N–H and O–H groups in total. The van der Waals surface area contributed by atoms with Crippen LogP contribution < -0.4 is 5.32 Å². The Hall–Kier alpha value is -2.27. The van der Waals surface area contributed by atoms with Crippen molar-refractivity contribution in [1.29, 1.82) is 5.26 Å². The van der Waals surface area contributed by atoms with E-state index in [1.165, 1.54) is 13.0 Å². The molecule has 0 saturated heterocycles. The van der Waals surface area contributed by atoms with E-state index in [1.807, 2.05) is 0 Å². The number of anilines is 1. The topological polar surface area (TPSA) is 90.2 Å². The van der Waals surface area contributed by atoms with E-state index in [1.54, 1.807) is 0 Å². The maximum Gasteiger partial charge on any atom is 0.453 e. The first-order chi connectivity index (χ1) is 17.9. The van der Waals surface area contributed by atoms with E-state index >= 15 is 0 Å². The molecule has 1 amide bonds. The third-order valence-electron chi connectivity index (χ3n) is 6.01. The number of aliphatic hydroxyl groups is 1. The zero-order valence-electron chi connectivity index (χ0n) is 21.4. The van der Waals surface area contributed by atoms with Crippen LogP contribution in [0.2, 0.25) is 0 Å². The summed E-state index contributed by atoms with van der Waals surface area (Å²) in [5.74, 6) is -5.65. The van der Waals surface area contributed by atoms with Crippen molar-refractivity contribution in [2.24, 2.45) is 0 Å². The standard InChI is InChI=1S/C25H32F8N2O3S/c1-22(37,21(36)35-19-11-10-18(17-34)20(16-19)24(28,29)30)12-7-5-3-2-4-6-8-14-39(38)15-9-13-23(26,27)25(31,32)33/h10-11,16,37H,2-9,12-15H2,1H3,(H,35,36)/t22-,39?/m0/s1. The van der Waals surface area contributed by atoms with Gasteiger partial charge in [-0.15, -0.1) is 0 Å². The van der Waals surface area contributed by atoms with Crippen LogP contribution in [0.15, 0.2) is 18.2 Å². The number of carbonyl (C=O) groups is 1. The molecule has 0 saturated carbocycles. The maximum atomic E-state index is 13.1. The molecule has 1 rings (SSSR count). The number of hydrogen-bond donors (Lipinski definition) is 2. The Kier molecular flexibility index (Phi) is 13.3. The molecular formula is C25H32F8N2O3S. The summed E-state index contributed by atoms with van der Waals surface area (Å²) < 4.78 is 113. The fourth-order valence-corrected chi connectivity index (χ4v) is 4.84. The van der Waals surface area contributed by atoms with Crippen LogP contribution in [0.4, 0.5) is 40.8 Å².